The summed E-state index contributed by atoms with van der Waals surface area (Å²) in [5.74, 6) is -0.403. The smallest absolute Gasteiger partial charge is 0.224 e. The van der Waals surface area contributed by atoms with Gasteiger partial charge in [-0.25, -0.2) is 4.39 Å². The van der Waals surface area contributed by atoms with Gasteiger partial charge < -0.3 is 5.32 Å². The Morgan fingerprint density at radius 3 is 2.85 bits per heavy atom. The van der Waals surface area contributed by atoms with Crippen LogP contribution in [0.25, 0.3) is 0 Å². The molecule has 0 radical (unpaired) electrons. The summed E-state index contributed by atoms with van der Waals surface area (Å²) in [5.41, 5.74) is 0.778. The molecule has 0 aliphatic heterocycles. The Balaban J connectivity index is 2.83. The summed E-state index contributed by atoms with van der Waals surface area (Å²) in [5, 5.41) is 2.50. The molecule has 0 aliphatic rings. The van der Waals surface area contributed by atoms with Crippen LogP contribution in [0, 0.1) is 5.82 Å². The summed E-state index contributed by atoms with van der Waals surface area (Å²) in [7, 11) is 1.57. The van der Waals surface area contributed by atoms with Gasteiger partial charge in [-0.2, -0.15) is 0 Å². The first-order valence-corrected chi connectivity index (χ1v) is 4.57. The van der Waals surface area contributed by atoms with Gasteiger partial charge in [0.1, 0.15) is 5.82 Å². The molecule has 1 aromatic carbocycles. The average Bonchev–Trinajstić information content (AvgIpc) is 2.09. The van der Waals surface area contributed by atoms with Crippen molar-refractivity contribution in [1.82, 2.24) is 5.32 Å². The highest BCUT2D eigenvalue weighted by molar-refractivity contribution is 9.10. The lowest BCUT2D eigenvalue weighted by molar-refractivity contribution is -0.119. The summed E-state index contributed by atoms with van der Waals surface area (Å²) in [6.07, 6.45) is 0.261. The predicted molar refractivity (Wildman–Crippen MR) is 51.9 cm³/mol. The minimum Gasteiger partial charge on any atom is -0.359 e. The Labute approximate surface area is 84.3 Å². The van der Waals surface area contributed by atoms with E-state index in [-0.39, 0.29) is 18.1 Å². The highest BCUT2D eigenvalue weighted by Crippen LogP contribution is 2.18. The second-order valence-corrected chi connectivity index (χ2v) is 3.44. The molecule has 0 atom stereocenters. The van der Waals surface area contributed by atoms with E-state index in [0.717, 1.165) is 5.56 Å². The molecule has 1 aromatic rings. The van der Waals surface area contributed by atoms with Crippen LogP contribution in [0.1, 0.15) is 5.56 Å². The molecule has 0 aliphatic carbocycles. The van der Waals surface area contributed by atoms with Crippen molar-refractivity contribution in [2.75, 3.05) is 7.05 Å². The second kappa shape index (κ2) is 4.37. The number of halogens is 2. The van der Waals surface area contributed by atoms with Crippen LogP contribution in [-0.4, -0.2) is 13.0 Å². The third-order valence-electron chi connectivity index (χ3n) is 1.64. The molecule has 0 saturated carbocycles. The molecule has 1 N–H and O–H groups in total. The quantitative estimate of drug-likeness (QED) is 0.848. The zero-order valence-corrected chi connectivity index (χ0v) is 8.69. The van der Waals surface area contributed by atoms with Gasteiger partial charge in [0.05, 0.1) is 6.42 Å². The van der Waals surface area contributed by atoms with Gasteiger partial charge in [-0.3, -0.25) is 4.79 Å². The number of likely N-dealkylation sites (N-methyl/N-ethyl adjacent to an activating group) is 1. The number of amides is 1. The Hall–Kier alpha value is -0.900. The topological polar surface area (TPSA) is 29.1 Å². The van der Waals surface area contributed by atoms with Gasteiger partial charge in [-0.15, -0.1) is 0 Å². The van der Waals surface area contributed by atoms with E-state index in [9.17, 15) is 9.18 Å². The Kier molecular flexibility index (Phi) is 3.42. The van der Waals surface area contributed by atoms with Crippen LogP contribution in [0.5, 0.6) is 0 Å². The molecule has 0 spiro atoms. The van der Waals surface area contributed by atoms with Gasteiger partial charge in [0, 0.05) is 11.5 Å². The van der Waals surface area contributed by atoms with Gasteiger partial charge in [0.2, 0.25) is 5.91 Å². The van der Waals surface area contributed by atoms with Crippen molar-refractivity contribution in [3.63, 3.8) is 0 Å². The molecule has 0 unspecified atom stereocenters. The van der Waals surface area contributed by atoms with E-state index in [2.05, 4.69) is 21.2 Å². The van der Waals surface area contributed by atoms with Crippen LogP contribution in [0.4, 0.5) is 4.39 Å². The first-order valence-electron chi connectivity index (χ1n) is 3.78. The molecule has 0 aromatic heterocycles. The average molecular weight is 246 g/mol. The highest BCUT2D eigenvalue weighted by Gasteiger charge is 2.05. The summed E-state index contributed by atoms with van der Waals surface area (Å²) in [4.78, 5) is 11.0. The second-order valence-electron chi connectivity index (χ2n) is 2.59. The molecule has 0 saturated heterocycles. The molecule has 1 rings (SSSR count). The van der Waals surface area contributed by atoms with Crippen LogP contribution in [0.15, 0.2) is 22.7 Å². The largest absolute Gasteiger partial charge is 0.359 e. The van der Waals surface area contributed by atoms with Crippen LogP contribution >= 0.6 is 15.9 Å². The fraction of sp³-hybridized carbons (Fsp3) is 0.222. The van der Waals surface area contributed by atoms with Gasteiger partial charge >= 0.3 is 0 Å². The SMILES string of the molecule is CNC(=O)Cc1ccc(F)cc1Br. The van der Waals surface area contributed by atoms with Crippen molar-refractivity contribution in [2.45, 2.75) is 6.42 Å². The van der Waals surface area contributed by atoms with E-state index in [1.807, 2.05) is 0 Å². The van der Waals surface area contributed by atoms with Crippen molar-refractivity contribution in [2.24, 2.45) is 0 Å². The van der Waals surface area contributed by atoms with E-state index in [0.29, 0.717) is 4.47 Å². The molecule has 0 heterocycles. The maximum atomic E-state index is 12.6. The van der Waals surface area contributed by atoms with E-state index in [1.165, 1.54) is 12.1 Å². The first kappa shape index (κ1) is 10.2. The molecule has 1 amide bonds. The molecule has 2 nitrogen and oxygen atoms in total. The van der Waals surface area contributed by atoms with Gasteiger partial charge in [-0.05, 0) is 17.7 Å². The zero-order valence-electron chi connectivity index (χ0n) is 7.10. The molecule has 0 bridgehead atoms. The molecular formula is C9H9BrFNO. The number of nitrogens with one attached hydrogen (secondary N) is 1. The van der Waals surface area contributed by atoms with E-state index < -0.39 is 0 Å². The van der Waals surface area contributed by atoms with Gasteiger partial charge in [0.25, 0.3) is 0 Å². The minimum absolute atomic E-state index is 0.0905. The van der Waals surface area contributed by atoms with E-state index in [1.54, 1.807) is 13.1 Å². The Morgan fingerprint density at radius 1 is 1.62 bits per heavy atom. The molecule has 4 heteroatoms. The summed E-state index contributed by atoms with van der Waals surface area (Å²) < 4.78 is 13.3. The van der Waals surface area contributed by atoms with E-state index in [4.69, 9.17) is 0 Å². The van der Waals surface area contributed by atoms with Crippen LogP contribution in [0.2, 0.25) is 0 Å². The van der Waals surface area contributed by atoms with Gasteiger partial charge in [-0.1, -0.05) is 22.0 Å². The Bertz CT molecular complexity index is 327. The number of hydrogen-bond donors (Lipinski definition) is 1. The fourth-order valence-electron chi connectivity index (χ4n) is 0.926. The summed E-state index contributed by atoms with van der Waals surface area (Å²) in [6, 6.07) is 4.27. The van der Waals surface area contributed by atoms with Gasteiger partial charge in [0.15, 0.2) is 0 Å². The third-order valence-corrected chi connectivity index (χ3v) is 2.38. The van der Waals surface area contributed by atoms with Crippen molar-refractivity contribution in [3.8, 4) is 0 Å². The fourth-order valence-corrected chi connectivity index (χ4v) is 1.42. The minimum atomic E-state index is -0.312. The normalized spacial score (nSPS) is 9.77. The van der Waals surface area contributed by atoms with Crippen LogP contribution in [0.3, 0.4) is 0 Å². The van der Waals surface area contributed by atoms with Crippen molar-refractivity contribution in [3.05, 3.63) is 34.1 Å². The molecule has 0 fully saturated rings. The maximum Gasteiger partial charge on any atom is 0.224 e. The maximum absolute atomic E-state index is 12.6. The number of hydrogen-bond acceptors (Lipinski definition) is 1. The zero-order chi connectivity index (χ0) is 9.84. The number of benzene rings is 1. The lowest BCUT2D eigenvalue weighted by Crippen LogP contribution is -2.20. The standard InChI is InChI=1S/C9H9BrFNO/c1-12-9(13)4-6-2-3-7(11)5-8(6)10/h2-3,5H,4H2,1H3,(H,12,13). The highest BCUT2D eigenvalue weighted by atomic mass is 79.9. The van der Waals surface area contributed by atoms with Crippen molar-refractivity contribution in [1.29, 1.82) is 0 Å². The van der Waals surface area contributed by atoms with Crippen LogP contribution in [-0.2, 0) is 11.2 Å². The molecular weight excluding hydrogens is 237 g/mol. The van der Waals surface area contributed by atoms with E-state index >= 15 is 0 Å². The van der Waals surface area contributed by atoms with Crippen molar-refractivity contribution < 1.29 is 9.18 Å². The van der Waals surface area contributed by atoms with Crippen molar-refractivity contribution >= 4 is 21.8 Å². The number of carbonyl (C=O) groups is 1. The molecule has 70 valence electrons. The molecule has 13 heavy (non-hydrogen) atoms. The Morgan fingerprint density at radius 2 is 2.31 bits per heavy atom. The predicted octanol–water partition coefficient (Wildman–Crippen LogP) is 1.88. The third kappa shape index (κ3) is 2.81. The monoisotopic (exact) mass is 245 g/mol. The first-order chi connectivity index (χ1) is 6.13. The summed E-state index contributed by atoms with van der Waals surface area (Å²) >= 11 is 3.18. The number of rotatable bonds is 2. The summed E-state index contributed by atoms with van der Waals surface area (Å²) in [6.45, 7) is 0. The van der Waals surface area contributed by atoms with Crippen LogP contribution < -0.4 is 5.32 Å². The number of carbonyl (C=O) groups excluding carboxylic acids is 1. The lowest BCUT2D eigenvalue weighted by atomic mass is 10.1. The lowest BCUT2D eigenvalue weighted by Gasteiger charge is -2.02.